The van der Waals surface area contributed by atoms with Gasteiger partial charge < -0.3 is 20.0 Å². The van der Waals surface area contributed by atoms with Gasteiger partial charge in [-0.1, -0.05) is 0 Å². The fourth-order valence-corrected chi connectivity index (χ4v) is 5.63. The molecule has 43 heavy (non-hydrogen) atoms. The Kier molecular flexibility index (Phi) is 7.79. The van der Waals surface area contributed by atoms with Crippen LogP contribution in [-0.2, 0) is 17.3 Å². The number of piperazine rings is 1. The van der Waals surface area contributed by atoms with E-state index in [1.807, 2.05) is 4.90 Å². The summed E-state index contributed by atoms with van der Waals surface area (Å²) in [6.07, 6.45) is 4.77. The first-order valence-corrected chi connectivity index (χ1v) is 15.4. The monoisotopic (exact) mass is 612 g/mol. The van der Waals surface area contributed by atoms with E-state index in [1.165, 1.54) is 28.8 Å². The van der Waals surface area contributed by atoms with E-state index in [9.17, 15) is 17.8 Å². The molecule has 4 aromatic heterocycles. The summed E-state index contributed by atoms with van der Waals surface area (Å²) in [5, 5.41) is 9.62. The third kappa shape index (κ3) is 5.67. The van der Waals surface area contributed by atoms with Gasteiger partial charge in [-0.3, -0.25) is 13.9 Å². The van der Waals surface area contributed by atoms with Crippen molar-refractivity contribution in [3.8, 4) is 11.6 Å². The van der Waals surface area contributed by atoms with Crippen molar-refractivity contribution in [3.63, 3.8) is 0 Å². The van der Waals surface area contributed by atoms with Crippen LogP contribution in [0.2, 0.25) is 0 Å². The molecule has 13 nitrogen and oxygen atoms in total. The Hall–Kier alpha value is -4.44. The summed E-state index contributed by atoms with van der Waals surface area (Å²) in [4.78, 5) is 27.2. The summed E-state index contributed by atoms with van der Waals surface area (Å²) in [5.74, 6) is -0.860. The molecule has 1 amide bonds. The molecule has 1 aromatic carbocycles. The number of nitrogen functional groups attached to an aromatic ring is 1. The average Bonchev–Trinajstić information content (AvgIpc) is 3.75. The molecule has 226 valence electrons. The number of fused-ring (bicyclic) bond motifs is 3. The molecule has 1 atom stereocenters. The molecule has 0 radical (unpaired) electrons. The first kappa shape index (κ1) is 28.7. The number of hydrogen-bond donors (Lipinski definition) is 1. The Balaban J connectivity index is 1.11. The van der Waals surface area contributed by atoms with Crippen molar-refractivity contribution in [2.24, 2.45) is 0 Å². The molecule has 1 aliphatic heterocycles. The van der Waals surface area contributed by atoms with Crippen molar-refractivity contribution in [2.75, 3.05) is 69.0 Å². The van der Waals surface area contributed by atoms with Crippen molar-refractivity contribution in [1.82, 2.24) is 39.2 Å². The predicted molar refractivity (Wildman–Crippen MR) is 157 cm³/mol. The number of rotatable bonds is 9. The summed E-state index contributed by atoms with van der Waals surface area (Å²) in [6, 6.07) is 5.55. The van der Waals surface area contributed by atoms with Crippen LogP contribution in [0.4, 0.5) is 20.4 Å². The fraction of sp³-hybridized carbons (Fsp3) is 0.370. The SMILES string of the molecule is CN(CCS(C)=O)C(=O)c1cc(N2CCN(CCn3ncc4c3nc(N)n3nc(-c5ccco5)nc43)CC2)c(F)cc1F. The number of benzene rings is 1. The van der Waals surface area contributed by atoms with Gasteiger partial charge in [0.1, 0.15) is 11.6 Å². The average molecular weight is 613 g/mol. The van der Waals surface area contributed by atoms with Gasteiger partial charge in [-0.25, -0.2) is 18.4 Å². The van der Waals surface area contributed by atoms with Crippen LogP contribution in [0.3, 0.4) is 0 Å². The Morgan fingerprint density at radius 2 is 1.91 bits per heavy atom. The van der Waals surface area contributed by atoms with Gasteiger partial charge in [0, 0.05) is 75.2 Å². The second kappa shape index (κ2) is 11.7. The fourth-order valence-electron chi connectivity index (χ4n) is 5.10. The maximum Gasteiger partial charge on any atom is 0.256 e. The quantitative estimate of drug-likeness (QED) is 0.262. The van der Waals surface area contributed by atoms with Gasteiger partial charge in [-0.15, -0.1) is 5.10 Å². The third-order valence-corrected chi connectivity index (χ3v) is 8.26. The summed E-state index contributed by atoms with van der Waals surface area (Å²) < 4.78 is 49.4. The lowest BCUT2D eigenvalue weighted by atomic mass is 10.1. The van der Waals surface area contributed by atoms with Gasteiger partial charge in [-0.05, 0) is 18.2 Å². The molecule has 1 aliphatic rings. The smallest absolute Gasteiger partial charge is 0.256 e. The third-order valence-electron chi connectivity index (χ3n) is 7.51. The Labute approximate surface area is 247 Å². The van der Waals surface area contributed by atoms with Crippen molar-refractivity contribution >= 4 is 45.0 Å². The van der Waals surface area contributed by atoms with E-state index in [4.69, 9.17) is 10.2 Å². The van der Waals surface area contributed by atoms with E-state index < -0.39 is 28.3 Å². The van der Waals surface area contributed by atoms with Crippen LogP contribution >= 0.6 is 0 Å². The Morgan fingerprint density at radius 1 is 1.12 bits per heavy atom. The summed E-state index contributed by atoms with van der Waals surface area (Å²) in [7, 11) is 0.415. The van der Waals surface area contributed by atoms with E-state index in [-0.39, 0.29) is 29.5 Å². The summed E-state index contributed by atoms with van der Waals surface area (Å²) in [5.41, 5.74) is 7.28. The van der Waals surface area contributed by atoms with E-state index in [1.54, 1.807) is 29.3 Å². The largest absolute Gasteiger partial charge is 0.461 e. The first-order chi connectivity index (χ1) is 20.7. The van der Waals surface area contributed by atoms with Gasteiger partial charge in [0.25, 0.3) is 5.91 Å². The van der Waals surface area contributed by atoms with Crippen molar-refractivity contribution < 1.29 is 22.2 Å². The minimum atomic E-state index is -1.09. The number of anilines is 2. The number of nitrogens with two attached hydrogens (primary N) is 1. The number of aromatic nitrogens is 6. The van der Waals surface area contributed by atoms with Crippen LogP contribution in [0.15, 0.2) is 41.1 Å². The number of nitrogens with zero attached hydrogens (tertiary/aromatic N) is 9. The highest BCUT2D eigenvalue weighted by Gasteiger charge is 2.25. The molecule has 0 aliphatic carbocycles. The van der Waals surface area contributed by atoms with Gasteiger partial charge in [0.15, 0.2) is 17.1 Å². The normalized spacial score (nSPS) is 15.0. The lowest BCUT2D eigenvalue weighted by Crippen LogP contribution is -2.47. The molecule has 0 spiro atoms. The zero-order valence-corrected chi connectivity index (χ0v) is 24.4. The van der Waals surface area contributed by atoms with Crippen LogP contribution in [0.5, 0.6) is 0 Å². The van der Waals surface area contributed by atoms with Crippen LogP contribution in [-0.4, -0.2) is 108 Å². The molecule has 5 aromatic rings. The Morgan fingerprint density at radius 3 is 2.63 bits per heavy atom. The van der Waals surface area contributed by atoms with E-state index >= 15 is 0 Å². The molecule has 1 unspecified atom stereocenters. The van der Waals surface area contributed by atoms with Crippen molar-refractivity contribution in [1.29, 1.82) is 0 Å². The number of amides is 1. The highest BCUT2D eigenvalue weighted by Crippen LogP contribution is 2.26. The number of carbonyl (C=O) groups is 1. The zero-order chi connectivity index (χ0) is 30.2. The molecule has 1 saturated heterocycles. The van der Waals surface area contributed by atoms with E-state index in [0.29, 0.717) is 67.5 Å². The molecule has 6 rings (SSSR count). The predicted octanol–water partition coefficient (Wildman–Crippen LogP) is 1.87. The number of halogens is 2. The van der Waals surface area contributed by atoms with Crippen LogP contribution in [0.1, 0.15) is 10.4 Å². The van der Waals surface area contributed by atoms with Crippen LogP contribution in [0, 0.1) is 11.6 Å². The van der Waals surface area contributed by atoms with Crippen molar-refractivity contribution in [2.45, 2.75) is 6.54 Å². The molecular weight excluding hydrogens is 582 g/mol. The Bertz CT molecular complexity index is 1810. The summed E-state index contributed by atoms with van der Waals surface area (Å²) >= 11 is 0. The molecular formula is C27H30F2N10O3S. The molecule has 16 heteroatoms. The zero-order valence-electron chi connectivity index (χ0n) is 23.6. The molecule has 2 N–H and O–H groups in total. The minimum Gasteiger partial charge on any atom is -0.461 e. The standard InChI is InChI=1S/C27H30F2N10O3S/c1-35(11-13-43(2)41)26(40)17-14-21(20(29)15-19(17)28)37-8-5-36(6-9-37)7-10-38-24-18(16-31-38)25-32-23(22-4-3-12-42-22)34-39(25)27(30)33-24/h3-4,12,14-16H,5-11,13H2,1-2H3,(H2,30,33). The van der Waals surface area contributed by atoms with Crippen LogP contribution < -0.4 is 10.6 Å². The second-order valence-electron chi connectivity index (χ2n) is 10.3. The molecule has 1 fully saturated rings. The maximum atomic E-state index is 14.8. The lowest BCUT2D eigenvalue weighted by molar-refractivity contribution is 0.0799. The highest BCUT2D eigenvalue weighted by atomic mass is 32.2. The number of carbonyl (C=O) groups excluding carboxylic acids is 1. The van der Waals surface area contributed by atoms with Gasteiger partial charge >= 0.3 is 0 Å². The van der Waals surface area contributed by atoms with Gasteiger partial charge in [0.05, 0.1) is 35.6 Å². The first-order valence-electron chi connectivity index (χ1n) is 13.6. The second-order valence-corrected chi connectivity index (χ2v) is 11.9. The van der Waals surface area contributed by atoms with Crippen LogP contribution in [0.25, 0.3) is 28.3 Å². The van der Waals surface area contributed by atoms with E-state index in [0.717, 1.165) is 6.07 Å². The van der Waals surface area contributed by atoms with Gasteiger partial charge in [0.2, 0.25) is 11.8 Å². The summed E-state index contributed by atoms with van der Waals surface area (Å²) in [6.45, 7) is 3.61. The topological polar surface area (TPSA) is 144 Å². The number of hydrogen-bond acceptors (Lipinski definition) is 10. The lowest BCUT2D eigenvalue weighted by Gasteiger charge is -2.36. The minimum absolute atomic E-state index is 0.175. The number of furan rings is 1. The molecule has 5 heterocycles. The highest BCUT2D eigenvalue weighted by molar-refractivity contribution is 7.84. The van der Waals surface area contributed by atoms with Crippen molar-refractivity contribution in [3.05, 3.63) is 53.9 Å². The molecule has 0 saturated carbocycles. The molecule has 0 bridgehead atoms. The van der Waals surface area contributed by atoms with Gasteiger partial charge in [-0.2, -0.15) is 14.6 Å². The maximum absolute atomic E-state index is 14.8. The van der Waals surface area contributed by atoms with E-state index in [2.05, 4.69) is 25.1 Å².